The van der Waals surface area contributed by atoms with Gasteiger partial charge in [-0.1, -0.05) is 34.1 Å². The van der Waals surface area contributed by atoms with Gasteiger partial charge in [-0.3, -0.25) is 14.5 Å². The molecule has 154 valence electrons. The van der Waals surface area contributed by atoms with Crippen molar-refractivity contribution in [2.75, 3.05) is 12.0 Å². The molecule has 0 spiro atoms. The topological polar surface area (TPSA) is 72.6 Å². The Morgan fingerprint density at radius 3 is 2.68 bits per heavy atom. The molecule has 0 saturated carbocycles. The van der Waals surface area contributed by atoms with E-state index in [1.807, 2.05) is 37.3 Å². The lowest BCUT2D eigenvalue weighted by Gasteiger charge is -2.24. The largest absolute Gasteiger partial charge is 0.497 e. The van der Waals surface area contributed by atoms with Crippen molar-refractivity contribution in [3.8, 4) is 5.75 Å². The molecule has 1 atom stereocenters. The molecule has 0 radical (unpaired) electrons. The number of anilines is 1. The van der Waals surface area contributed by atoms with E-state index >= 15 is 0 Å². The summed E-state index contributed by atoms with van der Waals surface area (Å²) < 4.78 is 12.1. The van der Waals surface area contributed by atoms with E-state index in [-0.39, 0.29) is 11.2 Å². The van der Waals surface area contributed by atoms with Crippen LogP contribution >= 0.6 is 15.9 Å². The molecule has 6 nitrogen and oxygen atoms in total. The predicted octanol–water partition coefficient (Wildman–Crippen LogP) is 5.02. The van der Waals surface area contributed by atoms with Gasteiger partial charge in [0.1, 0.15) is 17.2 Å². The number of nitrogens with zero attached hydrogens (tertiary/aromatic N) is 2. The summed E-state index contributed by atoms with van der Waals surface area (Å²) in [5.74, 6) is 0.707. The Hall–Kier alpha value is -3.45. The number of amides is 1. The van der Waals surface area contributed by atoms with E-state index in [9.17, 15) is 9.59 Å². The van der Waals surface area contributed by atoms with E-state index in [2.05, 4.69) is 20.9 Å². The molecule has 2 aromatic carbocycles. The minimum Gasteiger partial charge on any atom is -0.497 e. The van der Waals surface area contributed by atoms with E-state index in [1.54, 1.807) is 37.6 Å². The number of hydrogen-bond donors (Lipinski definition) is 0. The minimum atomic E-state index is -0.688. The van der Waals surface area contributed by atoms with Crippen molar-refractivity contribution in [2.45, 2.75) is 13.0 Å². The maximum absolute atomic E-state index is 13.6. The first-order valence-electron chi connectivity index (χ1n) is 9.64. The van der Waals surface area contributed by atoms with Crippen LogP contribution in [0.4, 0.5) is 5.82 Å². The highest BCUT2D eigenvalue weighted by molar-refractivity contribution is 9.10. The highest BCUT2D eigenvalue weighted by Gasteiger charge is 2.44. The molecule has 5 rings (SSSR count). The Bertz CT molecular complexity index is 1400. The van der Waals surface area contributed by atoms with Crippen LogP contribution in [0, 0.1) is 6.92 Å². The SMILES string of the molecule is COc1cccc(C2c3c(oc4ccc(Br)cc4c3=O)C(=O)N2c2ccc(C)cn2)c1. The lowest BCUT2D eigenvalue weighted by Crippen LogP contribution is -2.30. The van der Waals surface area contributed by atoms with E-state index in [1.165, 1.54) is 4.90 Å². The average Bonchev–Trinajstić information content (AvgIpc) is 3.07. The van der Waals surface area contributed by atoms with Gasteiger partial charge in [0.05, 0.1) is 24.1 Å². The van der Waals surface area contributed by atoms with Crippen molar-refractivity contribution in [2.24, 2.45) is 0 Å². The van der Waals surface area contributed by atoms with Crippen molar-refractivity contribution >= 4 is 38.6 Å². The summed E-state index contributed by atoms with van der Waals surface area (Å²) in [6, 6.07) is 15.5. The fourth-order valence-corrected chi connectivity index (χ4v) is 4.27. The Kier molecular flexibility index (Phi) is 4.63. The van der Waals surface area contributed by atoms with Crippen molar-refractivity contribution in [3.05, 3.63) is 97.9 Å². The maximum Gasteiger partial charge on any atom is 0.296 e. The third-order valence-corrected chi connectivity index (χ3v) is 5.88. The van der Waals surface area contributed by atoms with E-state index in [0.717, 1.165) is 15.6 Å². The highest BCUT2D eigenvalue weighted by Crippen LogP contribution is 2.41. The van der Waals surface area contributed by atoms with Crippen molar-refractivity contribution in [1.82, 2.24) is 4.98 Å². The van der Waals surface area contributed by atoms with Gasteiger partial charge in [-0.05, 0) is 54.4 Å². The summed E-state index contributed by atoms with van der Waals surface area (Å²) in [7, 11) is 1.57. The molecule has 3 heterocycles. The van der Waals surface area contributed by atoms with E-state index in [0.29, 0.717) is 28.1 Å². The second-order valence-corrected chi connectivity index (χ2v) is 8.28. The van der Waals surface area contributed by atoms with Crippen LogP contribution < -0.4 is 15.1 Å². The van der Waals surface area contributed by atoms with Gasteiger partial charge in [-0.15, -0.1) is 0 Å². The van der Waals surface area contributed by atoms with Gasteiger partial charge >= 0.3 is 0 Å². The summed E-state index contributed by atoms with van der Waals surface area (Å²) in [4.78, 5) is 33.0. The van der Waals surface area contributed by atoms with Crippen LogP contribution in [-0.2, 0) is 0 Å². The lowest BCUT2D eigenvalue weighted by atomic mass is 9.98. The first-order chi connectivity index (χ1) is 15.0. The molecular weight excluding hydrogens is 460 g/mol. The third kappa shape index (κ3) is 3.13. The number of benzene rings is 2. The van der Waals surface area contributed by atoms with Crippen LogP contribution in [0.15, 0.2) is 74.5 Å². The Morgan fingerprint density at radius 1 is 1.10 bits per heavy atom. The molecule has 0 aliphatic carbocycles. The van der Waals surface area contributed by atoms with Crippen molar-refractivity contribution in [3.63, 3.8) is 0 Å². The normalized spacial score (nSPS) is 15.4. The molecule has 0 fully saturated rings. The van der Waals surface area contributed by atoms with E-state index < -0.39 is 11.9 Å². The number of carbonyl (C=O) groups excluding carboxylic acids is 1. The third-order valence-electron chi connectivity index (χ3n) is 5.38. The molecule has 0 bridgehead atoms. The first kappa shape index (κ1) is 19.5. The lowest BCUT2D eigenvalue weighted by molar-refractivity contribution is 0.0970. The average molecular weight is 477 g/mol. The quantitative estimate of drug-likeness (QED) is 0.415. The number of methoxy groups -OCH3 is 1. The molecule has 0 saturated heterocycles. The van der Waals surface area contributed by atoms with Crippen molar-refractivity contribution < 1.29 is 13.9 Å². The standard InChI is InChI=1S/C24H17BrN2O4/c1-13-6-9-19(26-12-13)27-21(14-4-3-5-16(10-14)30-2)20-22(28)17-11-15(25)7-8-18(17)31-23(20)24(27)29/h3-12,21H,1-2H3. The highest BCUT2D eigenvalue weighted by atomic mass is 79.9. The maximum atomic E-state index is 13.6. The Morgan fingerprint density at radius 2 is 1.94 bits per heavy atom. The fraction of sp³-hybridized carbons (Fsp3) is 0.125. The number of fused-ring (bicyclic) bond motifs is 2. The number of carbonyl (C=O) groups is 1. The predicted molar refractivity (Wildman–Crippen MR) is 121 cm³/mol. The number of aryl methyl sites for hydroxylation is 1. The second-order valence-electron chi connectivity index (χ2n) is 7.36. The molecular formula is C24H17BrN2O4. The van der Waals surface area contributed by atoms with Crippen LogP contribution in [0.3, 0.4) is 0 Å². The van der Waals surface area contributed by atoms with Crippen LogP contribution in [-0.4, -0.2) is 18.0 Å². The molecule has 4 aromatic rings. The van der Waals surface area contributed by atoms with Gasteiger partial charge in [-0.25, -0.2) is 4.98 Å². The summed E-state index contributed by atoms with van der Waals surface area (Å²) in [5.41, 5.74) is 2.12. The summed E-state index contributed by atoms with van der Waals surface area (Å²) in [5, 5.41) is 0.410. The van der Waals surface area contributed by atoms with Gasteiger partial charge in [0.2, 0.25) is 5.76 Å². The summed E-state index contributed by atoms with van der Waals surface area (Å²) in [6.07, 6.45) is 1.69. The number of halogens is 1. The zero-order valence-electron chi connectivity index (χ0n) is 16.8. The van der Waals surface area contributed by atoms with Gasteiger partial charge < -0.3 is 9.15 Å². The molecule has 1 aliphatic rings. The van der Waals surface area contributed by atoms with E-state index in [4.69, 9.17) is 9.15 Å². The number of pyridine rings is 1. The Balaban J connectivity index is 1.82. The zero-order valence-corrected chi connectivity index (χ0v) is 18.3. The number of ether oxygens (including phenoxy) is 1. The van der Waals surface area contributed by atoms with Crippen molar-refractivity contribution in [1.29, 1.82) is 0 Å². The monoisotopic (exact) mass is 476 g/mol. The fourth-order valence-electron chi connectivity index (χ4n) is 3.91. The van der Waals surface area contributed by atoms with Crippen LogP contribution in [0.5, 0.6) is 5.75 Å². The zero-order chi connectivity index (χ0) is 21.7. The molecule has 1 aliphatic heterocycles. The number of aromatic nitrogens is 1. The summed E-state index contributed by atoms with van der Waals surface area (Å²) >= 11 is 3.41. The van der Waals surface area contributed by atoms with Crippen LogP contribution in [0.2, 0.25) is 0 Å². The number of hydrogen-bond acceptors (Lipinski definition) is 5. The van der Waals surface area contributed by atoms with Gasteiger partial charge in [0, 0.05) is 10.7 Å². The smallest absolute Gasteiger partial charge is 0.296 e. The van der Waals surface area contributed by atoms with Gasteiger partial charge in [0.15, 0.2) is 5.43 Å². The molecule has 0 N–H and O–H groups in total. The molecule has 31 heavy (non-hydrogen) atoms. The molecule has 2 aromatic heterocycles. The van der Waals surface area contributed by atoms with Crippen LogP contribution in [0.25, 0.3) is 11.0 Å². The van der Waals surface area contributed by atoms with Gasteiger partial charge in [0.25, 0.3) is 5.91 Å². The second kappa shape index (κ2) is 7.35. The molecule has 1 amide bonds. The minimum absolute atomic E-state index is 0.0371. The van der Waals surface area contributed by atoms with Crippen LogP contribution in [0.1, 0.15) is 33.3 Å². The Labute approximate surface area is 186 Å². The van der Waals surface area contributed by atoms with Gasteiger partial charge in [-0.2, -0.15) is 0 Å². The summed E-state index contributed by atoms with van der Waals surface area (Å²) in [6.45, 7) is 1.92. The molecule has 7 heteroatoms. The first-order valence-corrected chi connectivity index (χ1v) is 10.4. The molecule has 1 unspecified atom stereocenters. The number of rotatable bonds is 3.